The Morgan fingerprint density at radius 2 is 2.16 bits per heavy atom. The number of alkyl carbamates (subject to hydrolysis) is 1. The van der Waals surface area contributed by atoms with E-state index in [1.165, 1.54) is 34.9 Å². The number of nitrogens with zero attached hydrogens (tertiary/aromatic N) is 4. The van der Waals surface area contributed by atoms with Gasteiger partial charge in [-0.2, -0.15) is 0 Å². The summed E-state index contributed by atoms with van der Waals surface area (Å²) in [4.78, 5) is 29.6. The maximum atomic E-state index is 13.7. The molecule has 0 radical (unpaired) electrons. The molecule has 170 valence electrons. The van der Waals surface area contributed by atoms with Gasteiger partial charge in [-0.3, -0.25) is 0 Å². The summed E-state index contributed by atoms with van der Waals surface area (Å²) in [5, 5.41) is 14.5. The first-order chi connectivity index (χ1) is 15.1. The third kappa shape index (κ3) is 5.67. The van der Waals surface area contributed by atoms with Crippen molar-refractivity contribution in [2.45, 2.75) is 43.6 Å². The van der Waals surface area contributed by atoms with Crippen LogP contribution in [0.15, 0.2) is 43.4 Å². The van der Waals surface area contributed by atoms with Crippen LogP contribution in [0, 0.1) is 5.82 Å². The number of rotatable bonds is 6. The molecular weight excluding hydrogens is 509 g/mol. The molecule has 1 atom stereocenters. The zero-order chi connectivity index (χ0) is 23.5. The molecule has 1 aliphatic heterocycles. The van der Waals surface area contributed by atoms with Gasteiger partial charge < -0.3 is 14.9 Å². The average Bonchev–Trinajstić information content (AvgIpc) is 3.33. The lowest BCUT2D eigenvalue weighted by atomic mass is 10.2. The van der Waals surface area contributed by atoms with Crippen molar-refractivity contribution in [1.29, 1.82) is 0 Å². The number of benzene rings is 1. The second-order valence-electron chi connectivity index (χ2n) is 7.58. The highest BCUT2D eigenvalue weighted by Crippen LogP contribution is 2.33. The molecular formula is C19H19BrFN5O5S. The van der Waals surface area contributed by atoms with Crippen LogP contribution in [0.5, 0.6) is 0 Å². The molecule has 0 spiro atoms. The maximum Gasteiger partial charge on any atom is 0.407 e. The number of carbonyl (C=O) groups is 1. The van der Waals surface area contributed by atoms with E-state index < -0.39 is 17.5 Å². The summed E-state index contributed by atoms with van der Waals surface area (Å²) in [5.74, 6) is 1.03. The normalized spacial score (nSPS) is 14.5. The first kappa shape index (κ1) is 23.8. The minimum atomic E-state index is -0.604. The molecule has 1 aromatic carbocycles. The number of aromatic nitrogens is 2. The molecule has 1 aliphatic rings. The van der Waals surface area contributed by atoms with E-state index in [1.54, 1.807) is 26.7 Å². The fourth-order valence-electron chi connectivity index (χ4n) is 2.51. The smallest absolute Gasteiger partial charge is 0.407 e. The summed E-state index contributed by atoms with van der Waals surface area (Å²) in [6.07, 6.45) is -0.536. The van der Waals surface area contributed by atoms with Crippen LogP contribution < -0.4 is 10.2 Å². The number of halogens is 2. The molecule has 32 heavy (non-hydrogen) atoms. The highest BCUT2D eigenvalue weighted by atomic mass is 79.9. The minimum Gasteiger partial charge on any atom is -0.444 e. The SMILES string of the molecule is CC(CNC(=O)OC(C)(C)C)Sc1nonc1C1=NOC(=C=O)N1c1ccc(F)c(Br)c1. The second-order valence-corrected chi connectivity index (χ2v) is 9.86. The minimum absolute atomic E-state index is 0.109. The summed E-state index contributed by atoms with van der Waals surface area (Å²) in [6, 6.07) is 4.11. The van der Waals surface area contributed by atoms with Crippen molar-refractivity contribution in [2.24, 2.45) is 5.16 Å². The Hall–Kier alpha value is -2.89. The van der Waals surface area contributed by atoms with E-state index in [-0.39, 0.29) is 33.7 Å². The van der Waals surface area contributed by atoms with Gasteiger partial charge in [0, 0.05) is 11.8 Å². The van der Waals surface area contributed by atoms with Gasteiger partial charge >= 0.3 is 12.0 Å². The molecule has 0 fully saturated rings. The van der Waals surface area contributed by atoms with Crippen molar-refractivity contribution in [3.8, 4) is 0 Å². The van der Waals surface area contributed by atoms with Gasteiger partial charge in [-0.25, -0.2) is 23.5 Å². The van der Waals surface area contributed by atoms with Crippen molar-refractivity contribution in [2.75, 3.05) is 11.4 Å². The Labute approximate surface area is 195 Å². The third-order valence-corrected chi connectivity index (χ3v) is 5.47. The predicted octanol–water partition coefficient (Wildman–Crippen LogP) is 3.85. The molecule has 10 nitrogen and oxygen atoms in total. The molecule has 1 unspecified atom stereocenters. The number of amides is 1. The molecule has 1 amide bonds. The van der Waals surface area contributed by atoms with E-state index in [2.05, 4.69) is 36.7 Å². The van der Waals surface area contributed by atoms with E-state index in [4.69, 9.17) is 14.2 Å². The zero-order valence-electron chi connectivity index (χ0n) is 17.5. The summed E-state index contributed by atoms with van der Waals surface area (Å²) in [5.41, 5.74) is -0.0244. The first-order valence-electron chi connectivity index (χ1n) is 9.30. The van der Waals surface area contributed by atoms with Gasteiger partial charge in [0.15, 0.2) is 16.7 Å². The van der Waals surface area contributed by atoms with Gasteiger partial charge in [0.1, 0.15) is 11.4 Å². The number of hydrogen-bond acceptors (Lipinski definition) is 10. The predicted molar refractivity (Wildman–Crippen MR) is 117 cm³/mol. The zero-order valence-corrected chi connectivity index (χ0v) is 19.9. The monoisotopic (exact) mass is 527 g/mol. The van der Waals surface area contributed by atoms with Crippen LogP contribution in [0.4, 0.5) is 14.9 Å². The lowest BCUT2D eigenvalue weighted by Gasteiger charge is -2.20. The quantitative estimate of drug-likeness (QED) is 0.441. The van der Waals surface area contributed by atoms with Crippen LogP contribution >= 0.6 is 27.7 Å². The molecule has 13 heteroatoms. The first-order valence-corrected chi connectivity index (χ1v) is 11.0. The van der Waals surface area contributed by atoms with E-state index in [9.17, 15) is 14.0 Å². The highest BCUT2D eigenvalue weighted by Gasteiger charge is 2.34. The topological polar surface area (TPSA) is 119 Å². The Bertz CT molecular complexity index is 1100. The van der Waals surface area contributed by atoms with E-state index in [0.717, 1.165) is 0 Å². The molecule has 2 aromatic rings. The number of oxime groups is 1. The number of hydrogen-bond donors (Lipinski definition) is 1. The van der Waals surface area contributed by atoms with E-state index in [0.29, 0.717) is 10.7 Å². The maximum absolute atomic E-state index is 13.7. The number of carbonyl (C=O) groups excluding carboxylic acids is 2. The fraction of sp³-hybridized carbons (Fsp3) is 0.368. The molecule has 3 rings (SSSR count). The van der Waals surface area contributed by atoms with Crippen molar-refractivity contribution in [1.82, 2.24) is 15.6 Å². The summed E-state index contributed by atoms with van der Waals surface area (Å²) >= 11 is 4.37. The van der Waals surface area contributed by atoms with Crippen molar-refractivity contribution >= 4 is 51.2 Å². The van der Waals surface area contributed by atoms with Crippen LogP contribution in [-0.2, 0) is 14.4 Å². The number of nitrogens with one attached hydrogen (secondary N) is 1. The van der Waals surface area contributed by atoms with Gasteiger partial charge in [-0.05, 0) is 65.2 Å². The molecule has 0 bridgehead atoms. The standard InChI is InChI=1S/C19H19BrFN5O5S/c1-10(8-22-18(28)29-19(2,3)4)32-17-15(23-31-25-17)16-24-30-14(9-27)26(16)11-5-6-13(21)12(20)7-11/h5-7,10H,8H2,1-4H3,(H,22,28). The van der Waals surface area contributed by atoms with Gasteiger partial charge in [-0.1, -0.05) is 23.8 Å². The Kier molecular flexibility index (Phi) is 7.22. The van der Waals surface area contributed by atoms with Crippen molar-refractivity contribution in [3.05, 3.63) is 40.1 Å². The number of thioether (sulfide) groups is 1. The largest absolute Gasteiger partial charge is 0.444 e. The Morgan fingerprint density at radius 1 is 1.41 bits per heavy atom. The summed E-state index contributed by atoms with van der Waals surface area (Å²) in [7, 11) is 0. The Morgan fingerprint density at radius 3 is 2.81 bits per heavy atom. The van der Waals surface area contributed by atoms with E-state index >= 15 is 0 Å². The molecule has 0 saturated carbocycles. The molecule has 0 saturated heterocycles. The summed E-state index contributed by atoms with van der Waals surface area (Å²) < 4.78 is 23.9. The highest BCUT2D eigenvalue weighted by molar-refractivity contribution is 9.10. The van der Waals surface area contributed by atoms with Gasteiger partial charge in [-0.15, -0.1) is 0 Å². The van der Waals surface area contributed by atoms with Gasteiger partial charge in [0.25, 0.3) is 0 Å². The molecule has 2 heterocycles. The number of amidine groups is 1. The van der Waals surface area contributed by atoms with Crippen LogP contribution in [-0.4, -0.2) is 45.6 Å². The van der Waals surface area contributed by atoms with Crippen LogP contribution in [0.1, 0.15) is 33.4 Å². The van der Waals surface area contributed by atoms with Crippen LogP contribution in [0.25, 0.3) is 0 Å². The lowest BCUT2D eigenvalue weighted by molar-refractivity contribution is 0.0528. The van der Waals surface area contributed by atoms with Crippen molar-refractivity contribution < 1.29 is 28.2 Å². The fourth-order valence-corrected chi connectivity index (χ4v) is 3.74. The molecule has 1 aromatic heterocycles. The van der Waals surface area contributed by atoms with Crippen LogP contribution in [0.2, 0.25) is 0 Å². The average molecular weight is 528 g/mol. The third-order valence-electron chi connectivity index (χ3n) is 3.80. The molecule has 1 N–H and O–H groups in total. The Balaban J connectivity index is 1.76. The van der Waals surface area contributed by atoms with Crippen molar-refractivity contribution in [3.63, 3.8) is 0 Å². The summed E-state index contributed by atoms with van der Waals surface area (Å²) in [6.45, 7) is 7.46. The van der Waals surface area contributed by atoms with Gasteiger partial charge in [0.05, 0.1) is 10.2 Å². The van der Waals surface area contributed by atoms with Crippen LogP contribution in [0.3, 0.4) is 0 Å². The lowest BCUT2D eigenvalue weighted by Crippen LogP contribution is -2.35. The number of anilines is 1. The molecule has 0 aliphatic carbocycles. The number of ether oxygens (including phenoxy) is 1. The van der Waals surface area contributed by atoms with E-state index in [1.807, 2.05) is 6.92 Å². The second kappa shape index (κ2) is 9.72. The van der Waals surface area contributed by atoms with Gasteiger partial charge in [0.2, 0.25) is 5.84 Å².